The number of hydrogen-bond donors (Lipinski definition) is 1. The van der Waals surface area contributed by atoms with Crippen LogP contribution in [0.5, 0.6) is 0 Å². The van der Waals surface area contributed by atoms with Crippen molar-refractivity contribution in [1.82, 2.24) is 0 Å². The van der Waals surface area contributed by atoms with Crippen LogP contribution in [0.2, 0.25) is 0 Å². The van der Waals surface area contributed by atoms with Crippen molar-refractivity contribution in [2.75, 3.05) is 6.61 Å². The summed E-state index contributed by atoms with van der Waals surface area (Å²) in [6, 6.07) is 0. The molecule has 0 saturated carbocycles. The van der Waals surface area contributed by atoms with Gasteiger partial charge < -0.3 is 9.84 Å². The van der Waals surface area contributed by atoms with Gasteiger partial charge in [-0.1, -0.05) is 0 Å². The minimum atomic E-state index is -4.79. The van der Waals surface area contributed by atoms with Crippen molar-refractivity contribution in [1.29, 1.82) is 0 Å². The van der Waals surface area contributed by atoms with Crippen LogP contribution < -0.4 is 0 Å². The Morgan fingerprint density at radius 2 is 2.00 bits per heavy atom. The largest absolute Gasteiger partial charge is 0.479 e. The molecule has 1 atom stereocenters. The van der Waals surface area contributed by atoms with Gasteiger partial charge in [-0.2, -0.15) is 13.2 Å². The standard InChI is InChI=1S/C4H3F3O3/c5-4(6,7)3(1-10-3)2(8)9/h1H2,(H,8,9). The van der Waals surface area contributed by atoms with Crippen LogP contribution in [0.25, 0.3) is 0 Å². The van der Waals surface area contributed by atoms with Crippen molar-refractivity contribution in [2.24, 2.45) is 0 Å². The van der Waals surface area contributed by atoms with Crippen LogP contribution in [0.1, 0.15) is 0 Å². The van der Waals surface area contributed by atoms with Gasteiger partial charge in [0.05, 0.1) is 6.61 Å². The lowest BCUT2D eigenvalue weighted by Crippen LogP contribution is -2.40. The van der Waals surface area contributed by atoms with E-state index in [1.54, 1.807) is 0 Å². The van der Waals surface area contributed by atoms with E-state index < -0.39 is 24.4 Å². The van der Waals surface area contributed by atoms with Crippen LogP contribution in [0.4, 0.5) is 13.2 Å². The van der Waals surface area contributed by atoms with Crippen LogP contribution in [-0.4, -0.2) is 29.5 Å². The molecule has 0 radical (unpaired) electrons. The first-order chi connectivity index (χ1) is 4.40. The van der Waals surface area contributed by atoms with E-state index in [4.69, 9.17) is 5.11 Å². The summed E-state index contributed by atoms with van der Waals surface area (Å²) >= 11 is 0. The third kappa shape index (κ3) is 0.756. The maximum atomic E-state index is 11.6. The second-order valence-corrected chi connectivity index (χ2v) is 1.92. The molecular formula is C4H3F3O3. The number of aliphatic carboxylic acids is 1. The number of carbonyl (C=O) groups is 1. The number of rotatable bonds is 1. The van der Waals surface area contributed by atoms with Gasteiger partial charge in [-0.15, -0.1) is 0 Å². The Hall–Kier alpha value is -0.780. The van der Waals surface area contributed by atoms with E-state index in [9.17, 15) is 18.0 Å². The molecule has 1 aliphatic rings. The maximum Gasteiger partial charge on any atom is 0.430 e. The summed E-state index contributed by atoms with van der Waals surface area (Å²) in [4.78, 5) is 9.89. The smallest absolute Gasteiger partial charge is 0.430 e. The third-order valence-corrected chi connectivity index (χ3v) is 1.24. The molecule has 0 aromatic rings. The molecule has 1 rings (SSSR count). The van der Waals surface area contributed by atoms with Crippen molar-refractivity contribution in [3.8, 4) is 0 Å². The van der Waals surface area contributed by atoms with Gasteiger partial charge in [-0.3, -0.25) is 0 Å². The number of carboxylic acid groups (broad SMARTS) is 1. The van der Waals surface area contributed by atoms with Crippen LogP contribution >= 0.6 is 0 Å². The van der Waals surface area contributed by atoms with Gasteiger partial charge >= 0.3 is 12.1 Å². The van der Waals surface area contributed by atoms with Gasteiger partial charge in [0.15, 0.2) is 0 Å². The molecular weight excluding hydrogens is 153 g/mol. The zero-order chi connectivity index (χ0) is 7.99. The van der Waals surface area contributed by atoms with Crippen molar-refractivity contribution >= 4 is 5.97 Å². The average Bonchev–Trinajstić information content (AvgIpc) is 2.36. The van der Waals surface area contributed by atoms with Gasteiger partial charge in [0, 0.05) is 0 Å². The highest BCUT2D eigenvalue weighted by atomic mass is 19.4. The molecule has 10 heavy (non-hydrogen) atoms. The molecule has 58 valence electrons. The number of epoxide rings is 1. The minimum Gasteiger partial charge on any atom is -0.479 e. The molecule has 1 unspecified atom stereocenters. The summed E-state index contributed by atoms with van der Waals surface area (Å²) in [5.41, 5.74) is -2.90. The highest BCUT2D eigenvalue weighted by Crippen LogP contribution is 2.43. The zero-order valence-corrected chi connectivity index (χ0v) is 4.60. The van der Waals surface area contributed by atoms with Gasteiger partial charge in [0.2, 0.25) is 0 Å². The quantitative estimate of drug-likeness (QED) is 0.559. The molecule has 0 aliphatic carbocycles. The van der Waals surface area contributed by atoms with Crippen molar-refractivity contribution in [3.63, 3.8) is 0 Å². The normalized spacial score (nSPS) is 31.9. The van der Waals surface area contributed by atoms with Crippen molar-refractivity contribution in [2.45, 2.75) is 11.8 Å². The van der Waals surface area contributed by atoms with Crippen LogP contribution in [-0.2, 0) is 9.53 Å². The molecule has 1 N–H and O–H groups in total. The van der Waals surface area contributed by atoms with E-state index in [1.807, 2.05) is 0 Å². The Morgan fingerprint density at radius 3 is 2.00 bits per heavy atom. The van der Waals surface area contributed by atoms with Gasteiger partial charge in [-0.05, 0) is 0 Å². The Balaban J connectivity index is 2.80. The lowest BCUT2D eigenvalue weighted by molar-refractivity contribution is -0.199. The maximum absolute atomic E-state index is 11.6. The molecule has 1 aliphatic heterocycles. The number of ether oxygens (including phenoxy) is 1. The van der Waals surface area contributed by atoms with E-state index >= 15 is 0 Å². The second-order valence-electron chi connectivity index (χ2n) is 1.92. The minimum absolute atomic E-state index is 0.772. The summed E-state index contributed by atoms with van der Waals surface area (Å²) in [5, 5.41) is 7.99. The lowest BCUT2D eigenvalue weighted by atomic mass is 10.2. The van der Waals surface area contributed by atoms with E-state index in [0.717, 1.165) is 0 Å². The van der Waals surface area contributed by atoms with E-state index in [-0.39, 0.29) is 0 Å². The van der Waals surface area contributed by atoms with Gasteiger partial charge in [-0.25, -0.2) is 4.79 Å². The molecule has 1 fully saturated rings. The highest BCUT2D eigenvalue weighted by Gasteiger charge is 2.72. The number of carboxylic acids is 1. The van der Waals surface area contributed by atoms with E-state index in [1.165, 1.54) is 0 Å². The molecule has 6 heteroatoms. The van der Waals surface area contributed by atoms with Crippen LogP contribution in [0, 0.1) is 0 Å². The number of halogens is 3. The summed E-state index contributed by atoms with van der Waals surface area (Å²) in [6.07, 6.45) is -4.79. The third-order valence-electron chi connectivity index (χ3n) is 1.24. The molecule has 3 nitrogen and oxygen atoms in total. The molecule has 0 spiro atoms. The predicted octanol–water partition coefficient (Wildman–Crippen LogP) is 0.402. The Bertz CT molecular complexity index is 169. The molecule has 1 saturated heterocycles. The fraction of sp³-hybridized carbons (Fsp3) is 0.750. The second kappa shape index (κ2) is 1.63. The van der Waals surface area contributed by atoms with Crippen LogP contribution in [0.3, 0.4) is 0 Å². The highest BCUT2D eigenvalue weighted by molar-refractivity contribution is 5.81. The summed E-state index contributed by atoms with van der Waals surface area (Å²) in [7, 11) is 0. The van der Waals surface area contributed by atoms with Crippen molar-refractivity contribution in [3.05, 3.63) is 0 Å². The number of hydrogen-bond acceptors (Lipinski definition) is 2. The first-order valence-corrected chi connectivity index (χ1v) is 2.34. The average molecular weight is 156 g/mol. The van der Waals surface area contributed by atoms with E-state index in [2.05, 4.69) is 4.74 Å². The van der Waals surface area contributed by atoms with Crippen molar-refractivity contribution < 1.29 is 27.8 Å². The fourth-order valence-electron chi connectivity index (χ4n) is 0.481. The summed E-state index contributed by atoms with van der Waals surface area (Å²) < 4.78 is 38.7. The fourth-order valence-corrected chi connectivity index (χ4v) is 0.481. The van der Waals surface area contributed by atoms with Gasteiger partial charge in [0.1, 0.15) is 0 Å². The Morgan fingerprint density at radius 1 is 1.60 bits per heavy atom. The molecule has 0 amide bonds. The monoisotopic (exact) mass is 156 g/mol. The zero-order valence-electron chi connectivity index (χ0n) is 4.60. The van der Waals surface area contributed by atoms with Crippen LogP contribution in [0.15, 0.2) is 0 Å². The first-order valence-electron chi connectivity index (χ1n) is 2.34. The molecule has 0 aromatic heterocycles. The topological polar surface area (TPSA) is 49.8 Å². The first kappa shape index (κ1) is 7.33. The lowest BCUT2D eigenvalue weighted by Gasteiger charge is -2.09. The summed E-state index contributed by atoms with van der Waals surface area (Å²) in [5.74, 6) is -1.97. The van der Waals surface area contributed by atoms with Gasteiger partial charge in [0.25, 0.3) is 5.60 Å². The predicted molar refractivity (Wildman–Crippen MR) is 22.4 cm³/mol. The SMILES string of the molecule is O=C(O)C1(C(F)(F)F)CO1. The molecule has 1 heterocycles. The molecule has 0 bridgehead atoms. The Labute approximate surface area is 53.4 Å². The summed E-state index contributed by atoms with van der Waals surface area (Å²) in [6.45, 7) is -0.772. The molecule has 0 aromatic carbocycles. The Kier molecular flexibility index (Phi) is 1.19. The van der Waals surface area contributed by atoms with E-state index in [0.29, 0.717) is 0 Å². The number of alkyl halides is 3.